The van der Waals surface area contributed by atoms with Crippen LogP contribution in [-0.4, -0.2) is 56.6 Å². The van der Waals surface area contributed by atoms with Crippen LogP contribution in [0.1, 0.15) is 24.1 Å². The molecule has 1 aliphatic heterocycles. The zero-order valence-corrected chi connectivity index (χ0v) is 18.5. The predicted octanol–water partition coefficient (Wildman–Crippen LogP) is 2.98. The zero-order chi connectivity index (χ0) is 23.2. The number of Topliss-reactive ketones (excluding diaryl/α,β-unsaturated/α-hetero) is 1. The van der Waals surface area contributed by atoms with Crippen LogP contribution in [0.2, 0.25) is 0 Å². The van der Waals surface area contributed by atoms with Crippen LogP contribution < -0.4 is 15.1 Å². The predicted molar refractivity (Wildman–Crippen MR) is 129 cm³/mol. The summed E-state index contributed by atoms with van der Waals surface area (Å²) in [5, 5.41) is 5.39. The Labute approximate surface area is 196 Å². The van der Waals surface area contributed by atoms with Crippen molar-refractivity contribution in [2.45, 2.75) is 19.3 Å². The van der Waals surface area contributed by atoms with E-state index in [1.54, 1.807) is 12.4 Å². The number of nitrogens with zero attached hydrogens (tertiary/aromatic N) is 6. The molecule has 4 heterocycles. The number of aromatic nitrogens is 5. The van der Waals surface area contributed by atoms with Gasteiger partial charge in [-0.25, -0.2) is 5.43 Å². The normalized spacial score (nSPS) is 14.1. The number of piperidine rings is 1. The summed E-state index contributed by atoms with van der Waals surface area (Å²) in [5.41, 5.74) is 5.80. The van der Waals surface area contributed by atoms with Gasteiger partial charge in [0, 0.05) is 66.9 Å². The molecule has 5 rings (SSSR count). The Hall–Kier alpha value is -4.34. The lowest BCUT2D eigenvalue weighted by Crippen LogP contribution is -2.35. The maximum Gasteiger partial charge on any atom is 0.323 e. The van der Waals surface area contributed by atoms with Crippen LogP contribution >= 0.6 is 0 Å². The number of carbonyl (C=O) groups is 1. The largest absolute Gasteiger partial charge is 0.463 e. The standard InChI is InChI=1S/C24H24N8O2/c33-19-8-12-32(13-9-19)23-28-22(29-24(30-23)34-14-10-18-5-3-4-11-25-18)31-27-16-17-15-26-21-7-2-1-6-20(17)21/h1-7,11,15-16,26H,8-10,12-14H2,(H,28,29,30,31). The van der Waals surface area contributed by atoms with Crippen molar-refractivity contribution >= 4 is 34.8 Å². The molecular formula is C24H24N8O2. The lowest BCUT2D eigenvalue weighted by molar-refractivity contribution is -0.119. The molecule has 34 heavy (non-hydrogen) atoms. The van der Waals surface area contributed by atoms with E-state index in [1.165, 1.54) is 0 Å². The van der Waals surface area contributed by atoms with Gasteiger partial charge in [0.25, 0.3) is 5.95 Å². The molecule has 0 unspecified atom stereocenters. The van der Waals surface area contributed by atoms with E-state index in [9.17, 15) is 4.79 Å². The Kier molecular flexibility index (Phi) is 6.37. The molecule has 4 aromatic rings. The van der Waals surface area contributed by atoms with Gasteiger partial charge in [-0.05, 0) is 18.2 Å². The molecule has 10 heteroatoms. The maximum atomic E-state index is 11.7. The van der Waals surface area contributed by atoms with Crippen molar-refractivity contribution in [3.05, 3.63) is 66.1 Å². The smallest absolute Gasteiger partial charge is 0.323 e. The van der Waals surface area contributed by atoms with Gasteiger partial charge in [-0.1, -0.05) is 24.3 Å². The molecule has 2 N–H and O–H groups in total. The summed E-state index contributed by atoms with van der Waals surface area (Å²) in [5.74, 6) is 0.977. The highest BCUT2D eigenvalue weighted by molar-refractivity contribution is 5.99. The number of ketones is 1. The van der Waals surface area contributed by atoms with Crippen LogP contribution in [0, 0.1) is 0 Å². The number of hydrogen-bond donors (Lipinski definition) is 2. The number of aromatic amines is 1. The minimum atomic E-state index is 0.197. The molecule has 1 aliphatic rings. The number of benzene rings is 1. The van der Waals surface area contributed by atoms with E-state index >= 15 is 0 Å². The molecule has 172 valence electrons. The van der Waals surface area contributed by atoms with Crippen molar-refractivity contribution in [1.29, 1.82) is 0 Å². The minimum Gasteiger partial charge on any atom is -0.463 e. The number of hydrazone groups is 1. The molecule has 1 aromatic carbocycles. The molecule has 1 saturated heterocycles. The number of rotatable bonds is 8. The highest BCUT2D eigenvalue weighted by Crippen LogP contribution is 2.19. The summed E-state index contributed by atoms with van der Waals surface area (Å²) in [4.78, 5) is 34.5. The highest BCUT2D eigenvalue weighted by atomic mass is 16.5. The molecule has 1 fully saturated rings. The molecule has 0 amide bonds. The number of H-pyrrole nitrogens is 1. The third kappa shape index (κ3) is 5.17. The van der Waals surface area contributed by atoms with Crippen molar-refractivity contribution in [3.63, 3.8) is 0 Å². The van der Waals surface area contributed by atoms with Gasteiger partial charge in [-0.3, -0.25) is 9.78 Å². The third-order valence-electron chi connectivity index (χ3n) is 5.51. The number of carbonyl (C=O) groups excluding carboxylic acids is 1. The van der Waals surface area contributed by atoms with E-state index in [2.05, 4.69) is 35.4 Å². The Morgan fingerprint density at radius 1 is 1.09 bits per heavy atom. The first-order valence-electron chi connectivity index (χ1n) is 11.2. The van der Waals surface area contributed by atoms with E-state index in [-0.39, 0.29) is 17.7 Å². The van der Waals surface area contributed by atoms with Crippen molar-refractivity contribution < 1.29 is 9.53 Å². The third-order valence-corrected chi connectivity index (χ3v) is 5.51. The molecule has 0 aliphatic carbocycles. The van der Waals surface area contributed by atoms with Gasteiger partial charge in [0.1, 0.15) is 5.78 Å². The Morgan fingerprint density at radius 3 is 2.79 bits per heavy atom. The van der Waals surface area contributed by atoms with Crippen LogP contribution in [0.5, 0.6) is 6.01 Å². The summed E-state index contributed by atoms with van der Waals surface area (Å²) in [6.07, 6.45) is 6.93. The summed E-state index contributed by atoms with van der Waals surface area (Å²) in [6.45, 7) is 1.50. The SMILES string of the molecule is O=C1CCN(c2nc(NN=Cc3c[nH]c4ccccc34)nc(OCCc3ccccn3)n2)CC1. The lowest BCUT2D eigenvalue weighted by atomic mass is 10.1. The van der Waals surface area contributed by atoms with Crippen LogP contribution in [-0.2, 0) is 11.2 Å². The van der Waals surface area contributed by atoms with Gasteiger partial charge in [0.2, 0.25) is 5.95 Å². The molecule has 0 atom stereocenters. The summed E-state index contributed by atoms with van der Waals surface area (Å²) < 4.78 is 5.82. The zero-order valence-electron chi connectivity index (χ0n) is 18.5. The van der Waals surface area contributed by atoms with E-state index in [0.717, 1.165) is 22.2 Å². The quantitative estimate of drug-likeness (QED) is 0.307. The van der Waals surface area contributed by atoms with E-state index in [4.69, 9.17) is 4.74 Å². The number of para-hydroxylation sites is 1. The molecule has 0 radical (unpaired) electrons. The second-order valence-corrected chi connectivity index (χ2v) is 7.85. The Balaban J connectivity index is 1.32. The molecule has 0 saturated carbocycles. The first-order chi connectivity index (χ1) is 16.7. The fourth-order valence-corrected chi connectivity index (χ4v) is 3.71. The number of ether oxygens (including phenoxy) is 1. The lowest BCUT2D eigenvalue weighted by Gasteiger charge is -2.26. The molecule has 3 aromatic heterocycles. The average Bonchev–Trinajstić information content (AvgIpc) is 3.28. The second-order valence-electron chi connectivity index (χ2n) is 7.85. The van der Waals surface area contributed by atoms with Gasteiger partial charge >= 0.3 is 6.01 Å². The second kappa shape index (κ2) is 10.1. The molecule has 0 bridgehead atoms. The minimum absolute atomic E-state index is 0.197. The monoisotopic (exact) mass is 456 g/mol. The molecule has 10 nitrogen and oxygen atoms in total. The van der Waals surface area contributed by atoms with Crippen molar-refractivity contribution in [3.8, 4) is 6.01 Å². The van der Waals surface area contributed by atoms with Crippen LogP contribution in [0.3, 0.4) is 0 Å². The van der Waals surface area contributed by atoms with E-state index in [1.807, 2.05) is 53.6 Å². The summed E-state index contributed by atoms with van der Waals surface area (Å²) in [7, 11) is 0. The van der Waals surface area contributed by atoms with Crippen molar-refractivity contribution in [2.24, 2.45) is 5.10 Å². The number of anilines is 2. The van der Waals surface area contributed by atoms with E-state index in [0.29, 0.717) is 44.9 Å². The van der Waals surface area contributed by atoms with E-state index < -0.39 is 0 Å². The van der Waals surface area contributed by atoms with Crippen LogP contribution in [0.4, 0.5) is 11.9 Å². The maximum absolute atomic E-state index is 11.7. The fraction of sp³-hybridized carbons (Fsp3) is 0.250. The highest BCUT2D eigenvalue weighted by Gasteiger charge is 2.20. The van der Waals surface area contributed by atoms with Gasteiger partial charge in [0.05, 0.1) is 12.8 Å². The summed E-state index contributed by atoms with van der Waals surface area (Å²) in [6, 6.07) is 14.0. The first kappa shape index (κ1) is 21.5. The number of pyridine rings is 1. The van der Waals surface area contributed by atoms with Crippen LogP contribution in [0.15, 0.2) is 60.0 Å². The van der Waals surface area contributed by atoms with Gasteiger partial charge in [0.15, 0.2) is 0 Å². The number of fused-ring (bicyclic) bond motifs is 1. The van der Waals surface area contributed by atoms with Crippen LogP contribution in [0.25, 0.3) is 10.9 Å². The average molecular weight is 457 g/mol. The fourth-order valence-electron chi connectivity index (χ4n) is 3.71. The van der Waals surface area contributed by atoms with Gasteiger partial charge < -0.3 is 14.6 Å². The Morgan fingerprint density at radius 2 is 1.94 bits per heavy atom. The van der Waals surface area contributed by atoms with Crippen molar-refractivity contribution in [1.82, 2.24) is 24.9 Å². The molecular weight excluding hydrogens is 432 g/mol. The topological polar surface area (TPSA) is 121 Å². The number of nitrogens with one attached hydrogen (secondary N) is 2. The van der Waals surface area contributed by atoms with Gasteiger partial charge in [-0.2, -0.15) is 20.1 Å². The number of hydrogen-bond acceptors (Lipinski definition) is 9. The van der Waals surface area contributed by atoms with Crippen molar-refractivity contribution in [2.75, 3.05) is 30.0 Å². The summed E-state index contributed by atoms with van der Waals surface area (Å²) >= 11 is 0. The Bertz CT molecular complexity index is 1290. The van der Waals surface area contributed by atoms with Gasteiger partial charge in [-0.15, -0.1) is 0 Å². The first-order valence-corrected chi connectivity index (χ1v) is 11.2. The molecule has 0 spiro atoms.